The highest BCUT2D eigenvalue weighted by Crippen LogP contribution is 2.06. The van der Waals surface area contributed by atoms with Gasteiger partial charge in [-0.2, -0.15) is 0 Å². The lowest BCUT2D eigenvalue weighted by Crippen LogP contribution is -2.02. The van der Waals surface area contributed by atoms with E-state index in [9.17, 15) is 0 Å². The van der Waals surface area contributed by atoms with Crippen molar-refractivity contribution < 1.29 is 0 Å². The van der Waals surface area contributed by atoms with Crippen LogP contribution in [0.25, 0.3) is 0 Å². The number of nitrogens with zero attached hydrogens (tertiary/aromatic N) is 1. The van der Waals surface area contributed by atoms with E-state index in [0.29, 0.717) is 5.92 Å². The van der Waals surface area contributed by atoms with Crippen LogP contribution in [0.2, 0.25) is 0 Å². The maximum Gasteiger partial charge on any atom is 0.0640 e. The minimum absolute atomic E-state index is 0.615. The quantitative estimate of drug-likeness (QED) is 0.590. The molecule has 64 valence electrons. The minimum atomic E-state index is 0.615. The Labute approximate surface area is 74.2 Å². The summed E-state index contributed by atoms with van der Waals surface area (Å²) in [4.78, 5) is 4.44. The molecule has 0 amide bonds. The fourth-order valence-electron chi connectivity index (χ4n) is 0.946. The normalized spacial score (nSPS) is 19.6. The molecular weight excluding hydrogens is 146 g/mol. The Morgan fingerprint density at radius 3 is 2.58 bits per heavy atom. The second kappa shape index (κ2) is 4.05. The van der Waals surface area contributed by atoms with Crippen LogP contribution in [0.15, 0.2) is 41.4 Å². The highest BCUT2D eigenvalue weighted by atomic mass is 14.7. The van der Waals surface area contributed by atoms with E-state index in [1.807, 2.05) is 24.3 Å². The van der Waals surface area contributed by atoms with Gasteiger partial charge < -0.3 is 0 Å². The first-order chi connectivity index (χ1) is 5.70. The largest absolute Gasteiger partial charge is 0.284 e. The molecule has 1 aliphatic rings. The molecule has 0 bridgehead atoms. The van der Waals surface area contributed by atoms with Gasteiger partial charge in [0, 0.05) is 6.54 Å². The summed E-state index contributed by atoms with van der Waals surface area (Å²) in [5.74, 6) is 0.615. The molecule has 0 fully saturated rings. The molecule has 0 N–H and O–H groups in total. The van der Waals surface area contributed by atoms with Crippen molar-refractivity contribution >= 4 is 5.71 Å². The Kier molecular flexibility index (Phi) is 3.03. The molecule has 0 aromatic carbocycles. The molecule has 0 spiro atoms. The molecule has 0 saturated heterocycles. The van der Waals surface area contributed by atoms with Crippen LogP contribution < -0.4 is 0 Å². The maximum atomic E-state index is 4.44. The monoisotopic (exact) mass is 161 g/mol. The second-order valence-corrected chi connectivity index (χ2v) is 3.36. The molecule has 1 nitrogen and oxygen atoms in total. The smallest absolute Gasteiger partial charge is 0.0640 e. The molecule has 0 heterocycles. The fraction of sp³-hybridized carbons (Fsp3) is 0.364. The van der Waals surface area contributed by atoms with Crippen LogP contribution in [0.1, 0.15) is 13.8 Å². The maximum absolute atomic E-state index is 4.44. The zero-order valence-corrected chi connectivity index (χ0v) is 7.75. The molecule has 0 aliphatic heterocycles. The first kappa shape index (κ1) is 8.98. The Morgan fingerprint density at radius 2 is 2.00 bits per heavy atom. The Morgan fingerprint density at radius 1 is 1.33 bits per heavy atom. The number of hydrogen-bond donors (Lipinski definition) is 0. The summed E-state index contributed by atoms with van der Waals surface area (Å²) in [5.41, 5.74) is 2.03. The molecule has 1 heteroatoms. The molecule has 0 aromatic heterocycles. The third-order valence-corrected chi connectivity index (χ3v) is 1.62. The van der Waals surface area contributed by atoms with Crippen molar-refractivity contribution in [3.63, 3.8) is 0 Å². The summed E-state index contributed by atoms with van der Waals surface area (Å²) in [6.45, 7) is 9.11. The number of allylic oxidation sites excluding steroid dienone is 5. The predicted octanol–water partition coefficient (Wildman–Crippen LogP) is 2.77. The molecule has 1 aliphatic carbocycles. The van der Waals surface area contributed by atoms with Gasteiger partial charge in [-0.1, -0.05) is 38.7 Å². The van der Waals surface area contributed by atoms with Crippen LogP contribution in [0, 0.1) is 5.92 Å². The van der Waals surface area contributed by atoms with E-state index >= 15 is 0 Å². The lowest BCUT2D eigenvalue weighted by molar-refractivity contribution is 0.666. The molecule has 0 atom stereocenters. The predicted molar refractivity (Wildman–Crippen MR) is 54.6 cm³/mol. The van der Waals surface area contributed by atoms with Gasteiger partial charge >= 0.3 is 0 Å². The van der Waals surface area contributed by atoms with Crippen molar-refractivity contribution in [1.29, 1.82) is 0 Å². The van der Waals surface area contributed by atoms with Crippen molar-refractivity contribution in [3.8, 4) is 0 Å². The van der Waals surface area contributed by atoms with E-state index in [-0.39, 0.29) is 0 Å². The van der Waals surface area contributed by atoms with Gasteiger partial charge in [0.15, 0.2) is 0 Å². The fourth-order valence-corrected chi connectivity index (χ4v) is 0.946. The lowest BCUT2D eigenvalue weighted by atomic mass is 10.1. The third-order valence-electron chi connectivity index (χ3n) is 1.62. The Bertz CT molecular complexity index is 254. The van der Waals surface area contributed by atoms with Gasteiger partial charge in [0.25, 0.3) is 0 Å². The average molecular weight is 161 g/mol. The second-order valence-electron chi connectivity index (χ2n) is 3.36. The van der Waals surface area contributed by atoms with E-state index in [0.717, 1.165) is 17.8 Å². The summed E-state index contributed by atoms with van der Waals surface area (Å²) in [6, 6.07) is 0. The zero-order chi connectivity index (χ0) is 8.97. The number of rotatable bonds is 2. The molecule has 0 saturated carbocycles. The van der Waals surface area contributed by atoms with Crippen molar-refractivity contribution in [3.05, 3.63) is 36.5 Å². The van der Waals surface area contributed by atoms with Gasteiger partial charge in [-0.3, -0.25) is 4.99 Å². The average Bonchev–Trinajstić information content (AvgIpc) is 2.03. The first-order valence-corrected chi connectivity index (χ1v) is 4.28. The SMILES string of the molecule is C=C1C=CC=CC1=NCC(C)C. The van der Waals surface area contributed by atoms with E-state index in [1.54, 1.807) is 0 Å². The van der Waals surface area contributed by atoms with Gasteiger partial charge in [-0.25, -0.2) is 0 Å². The van der Waals surface area contributed by atoms with E-state index in [2.05, 4.69) is 25.4 Å². The summed E-state index contributed by atoms with van der Waals surface area (Å²) < 4.78 is 0. The van der Waals surface area contributed by atoms with Gasteiger partial charge in [0.1, 0.15) is 0 Å². The molecule has 12 heavy (non-hydrogen) atoms. The number of hydrogen-bond acceptors (Lipinski definition) is 1. The standard InChI is InChI=1S/C11H15N/c1-9(2)8-12-11-7-5-4-6-10(11)3/h4-7,9H,3,8H2,1-2H3. The highest BCUT2D eigenvalue weighted by molar-refractivity contribution is 6.11. The molecular formula is C11H15N. The van der Waals surface area contributed by atoms with E-state index < -0.39 is 0 Å². The Hall–Kier alpha value is -1.11. The highest BCUT2D eigenvalue weighted by Gasteiger charge is 2.00. The van der Waals surface area contributed by atoms with Crippen LogP contribution >= 0.6 is 0 Å². The molecule has 1 rings (SSSR count). The molecule has 0 radical (unpaired) electrons. The van der Waals surface area contributed by atoms with Crippen LogP contribution in [-0.2, 0) is 0 Å². The first-order valence-electron chi connectivity index (χ1n) is 4.28. The zero-order valence-electron chi connectivity index (χ0n) is 7.75. The van der Waals surface area contributed by atoms with Crippen molar-refractivity contribution in [2.75, 3.05) is 6.54 Å². The summed E-state index contributed by atoms with van der Waals surface area (Å²) in [6.07, 6.45) is 7.97. The third kappa shape index (κ3) is 2.50. The van der Waals surface area contributed by atoms with E-state index in [4.69, 9.17) is 0 Å². The topological polar surface area (TPSA) is 12.4 Å². The summed E-state index contributed by atoms with van der Waals surface area (Å²) >= 11 is 0. The van der Waals surface area contributed by atoms with E-state index in [1.165, 1.54) is 0 Å². The number of aliphatic imine (C=N–C) groups is 1. The van der Waals surface area contributed by atoms with Crippen molar-refractivity contribution in [1.82, 2.24) is 0 Å². The van der Waals surface area contributed by atoms with Crippen LogP contribution in [0.4, 0.5) is 0 Å². The van der Waals surface area contributed by atoms with Gasteiger partial charge in [0.05, 0.1) is 5.71 Å². The van der Waals surface area contributed by atoms with Crippen LogP contribution in [0.5, 0.6) is 0 Å². The molecule has 0 aromatic rings. The van der Waals surface area contributed by atoms with Crippen molar-refractivity contribution in [2.45, 2.75) is 13.8 Å². The van der Waals surface area contributed by atoms with Crippen LogP contribution in [-0.4, -0.2) is 12.3 Å². The summed E-state index contributed by atoms with van der Waals surface area (Å²) in [7, 11) is 0. The lowest BCUT2D eigenvalue weighted by Gasteiger charge is -2.05. The summed E-state index contributed by atoms with van der Waals surface area (Å²) in [5, 5.41) is 0. The molecule has 0 unspecified atom stereocenters. The van der Waals surface area contributed by atoms with Gasteiger partial charge in [-0.15, -0.1) is 0 Å². The Balaban J connectivity index is 2.63. The van der Waals surface area contributed by atoms with Crippen LogP contribution in [0.3, 0.4) is 0 Å². The minimum Gasteiger partial charge on any atom is -0.284 e. The van der Waals surface area contributed by atoms with Crippen molar-refractivity contribution in [2.24, 2.45) is 10.9 Å². The van der Waals surface area contributed by atoms with Gasteiger partial charge in [0.2, 0.25) is 0 Å². The van der Waals surface area contributed by atoms with Gasteiger partial charge in [-0.05, 0) is 17.6 Å².